The Morgan fingerprint density at radius 1 is 0.674 bits per heavy atom. The van der Waals surface area contributed by atoms with Gasteiger partial charge in [-0.25, -0.2) is 54.6 Å². The van der Waals surface area contributed by atoms with Gasteiger partial charge in [0.15, 0.2) is 46.2 Å². The predicted octanol–water partition coefficient (Wildman–Crippen LogP) is 9.16. The number of guanidine groups is 1. The Morgan fingerprint density at radius 3 is 1.93 bits per heavy atom. The summed E-state index contributed by atoms with van der Waals surface area (Å²) in [5.74, 6) is -1.39. The van der Waals surface area contributed by atoms with E-state index < -0.39 is 54.0 Å². The van der Waals surface area contributed by atoms with Gasteiger partial charge < -0.3 is 73.1 Å². The number of thiazole rings is 2. The molecule has 0 saturated carbocycles. The van der Waals surface area contributed by atoms with E-state index in [0.717, 1.165) is 23.4 Å². The molecule has 0 spiro atoms. The number of benzene rings is 1. The average Bonchev–Trinajstić information content (AvgIpc) is 1.66. The monoisotopic (exact) mass is 1340 g/mol. The molecule has 10 aromatic rings. The smallest absolute Gasteiger partial charge is 0.326 e. The van der Waals surface area contributed by atoms with E-state index in [2.05, 4.69) is 55.8 Å². The van der Waals surface area contributed by atoms with Crippen LogP contribution >= 0.6 is 22.7 Å². The number of aryl methyl sites for hydroxylation is 3. The second-order valence-corrected chi connectivity index (χ2v) is 24.7. The molecular weight excluding hydrogens is 1270 g/mol. The van der Waals surface area contributed by atoms with E-state index in [1.165, 1.54) is 47.7 Å². The van der Waals surface area contributed by atoms with Crippen LogP contribution in [-0.4, -0.2) is 135 Å². The lowest BCUT2D eigenvalue weighted by Crippen LogP contribution is -2.51. The summed E-state index contributed by atoms with van der Waals surface area (Å²) in [6, 6.07) is 4.97. The Balaban J connectivity index is 0.718. The number of oxazole rings is 7. The normalized spacial score (nSPS) is 15.8. The molecule has 9 aromatic heterocycles. The molecule has 0 fully saturated rings. The van der Waals surface area contributed by atoms with Crippen LogP contribution in [0.3, 0.4) is 0 Å². The van der Waals surface area contributed by atoms with Crippen molar-refractivity contribution >= 4 is 58.2 Å². The van der Waals surface area contributed by atoms with Crippen molar-refractivity contribution < 1.29 is 59.9 Å². The molecule has 10 heterocycles. The van der Waals surface area contributed by atoms with Gasteiger partial charge in [-0.05, 0) is 72.0 Å². The minimum Gasteiger partial charge on any atom is -0.480 e. The fourth-order valence-corrected chi connectivity index (χ4v) is 12.1. The molecule has 0 saturated heterocycles. The zero-order valence-electron chi connectivity index (χ0n) is 53.4. The highest BCUT2D eigenvalue weighted by molar-refractivity contribution is 7.13. The van der Waals surface area contributed by atoms with E-state index >= 15 is 0 Å². The summed E-state index contributed by atoms with van der Waals surface area (Å²) >= 11 is 2.86. The number of aliphatic carboxylic acids is 1. The number of nitrogens with one attached hydrogen (secondary N) is 3. The molecule has 1 aliphatic heterocycles. The molecule has 8 atom stereocenters. The zero-order chi connectivity index (χ0) is 67.4. The number of carboxylic acids is 1. The van der Waals surface area contributed by atoms with Crippen molar-refractivity contribution in [3.05, 3.63) is 111 Å². The molecule has 32 heteroatoms. The Hall–Kier alpha value is -10.5. The minimum absolute atomic E-state index is 0.0200. The topological polar surface area (TPSA) is 422 Å². The highest BCUT2D eigenvalue weighted by Crippen LogP contribution is 2.38. The second-order valence-electron chi connectivity index (χ2n) is 23.0. The predicted molar refractivity (Wildman–Crippen MR) is 345 cm³/mol. The molecule has 0 radical (unpaired) electrons. The number of rotatable bonds is 28. The first-order valence-corrected chi connectivity index (χ1v) is 32.2. The number of carboxylic acid groups (broad SMARTS) is 1. The third kappa shape index (κ3) is 14.7. The van der Waals surface area contributed by atoms with Crippen LogP contribution in [0.1, 0.15) is 122 Å². The quantitative estimate of drug-likeness (QED) is 0.0151. The van der Waals surface area contributed by atoms with Gasteiger partial charge in [-0.15, -0.1) is 22.7 Å². The fraction of sp³-hybridized carbons (Fsp3) is 0.381. The van der Waals surface area contributed by atoms with Crippen LogP contribution in [0.15, 0.2) is 107 Å². The largest absolute Gasteiger partial charge is 0.480 e. The van der Waals surface area contributed by atoms with Gasteiger partial charge in [-0.1, -0.05) is 70.9 Å². The van der Waals surface area contributed by atoms with E-state index in [9.17, 15) is 24.3 Å². The number of carbonyl (C=O) groups excluding carboxylic acids is 3. The van der Waals surface area contributed by atoms with Crippen LogP contribution < -0.4 is 27.4 Å². The maximum absolute atomic E-state index is 14.4. The molecule has 8 N–H and O–H groups in total. The van der Waals surface area contributed by atoms with Crippen molar-refractivity contribution in [2.75, 3.05) is 20.6 Å². The third-order valence-electron chi connectivity index (χ3n) is 15.9. The Morgan fingerprint density at radius 2 is 1.27 bits per heavy atom. The molecule has 496 valence electrons. The summed E-state index contributed by atoms with van der Waals surface area (Å²) < 4.78 is 47.4. The standard InChI is InChI=1S/C63H69N17O13S2/c1-11-28(3)43(74-51(83)46-31(6)93-59(77-46)47-32(7)91-56(78-47)41-27-95-61(73-41)48-33(8)92-57(79-48)40-26-94-60(72-40)42(80(9)10)19-16-20-66-63(64)65)49(81)75-44(29(4)12-2)58-71-38(24-89-58)54-69-36(22-87-54)52-68-37(23-86-52)53-70-39(25-88-53)55-76-45(30(5)90-55)50(82)67-35(62(84)85)21-34-17-14-13-15-18-34/h13-15,17-18,22-30,35,42-45H,11-12,16,19-21H2,1-10H3,(H,67,82)(H,74,83)(H,75,81)(H,84,85)(H4,64,65,66)/t28-,29-,30+,35-,42+,43-,44-,45-/m0/s1. The number of hydrogen-bond acceptors (Lipinski definition) is 26. The van der Waals surface area contributed by atoms with Crippen molar-refractivity contribution in [3.8, 4) is 80.2 Å². The summed E-state index contributed by atoms with van der Waals surface area (Å²) in [5, 5.41) is 23.6. The Bertz CT molecular complexity index is 4430. The van der Waals surface area contributed by atoms with E-state index in [1.54, 1.807) is 50.4 Å². The summed E-state index contributed by atoms with van der Waals surface area (Å²) in [4.78, 5) is 107. The van der Waals surface area contributed by atoms with Crippen molar-refractivity contribution in [1.82, 2.24) is 65.7 Å². The van der Waals surface area contributed by atoms with Crippen LogP contribution in [0.2, 0.25) is 0 Å². The van der Waals surface area contributed by atoms with Crippen LogP contribution in [-0.2, 0) is 25.5 Å². The van der Waals surface area contributed by atoms with Crippen LogP contribution in [0, 0.1) is 32.6 Å². The average molecular weight is 1340 g/mol. The third-order valence-corrected chi connectivity index (χ3v) is 17.7. The van der Waals surface area contributed by atoms with Crippen LogP contribution in [0.4, 0.5) is 0 Å². The van der Waals surface area contributed by atoms with Crippen LogP contribution in [0.25, 0.3) is 80.2 Å². The van der Waals surface area contributed by atoms with E-state index in [4.69, 9.17) is 67.1 Å². The molecule has 1 aliphatic rings. The minimum atomic E-state index is -1.19. The SMILES string of the molecule is CC[C@H](C)[C@H](NC(=O)c1nc(-c2nc(-c3csc(-c4nc(-c5csc([C@@H](CCCN=C(N)N)N(C)C)n5)oc4C)n3)oc2C)oc1C)C(=O)N[C@H](c1nc(-c2nc(-c3nc(-c4nc(C5=N[C@H](C(=O)N[C@@H](Cc6ccccc6)C(=O)O)[C@@H](C)O5)co4)co3)co2)co1)[C@@H](C)CC. The van der Waals surface area contributed by atoms with Crippen molar-refractivity contribution in [3.63, 3.8) is 0 Å². The lowest BCUT2D eigenvalue weighted by atomic mass is 9.95. The van der Waals surface area contributed by atoms with Gasteiger partial charge in [0.05, 0.1) is 6.04 Å². The number of carbonyl (C=O) groups is 4. The molecule has 0 unspecified atom stereocenters. The number of aromatic nitrogens is 9. The summed E-state index contributed by atoms with van der Waals surface area (Å²) in [6.07, 6.45) is 7.32. The number of ether oxygens (including phenoxy) is 1. The van der Waals surface area contributed by atoms with E-state index in [1.807, 2.05) is 60.2 Å². The van der Waals surface area contributed by atoms with E-state index in [0.29, 0.717) is 58.9 Å². The molecular formula is C63H69N17O13S2. The first kappa shape index (κ1) is 66.0. The second kappa shape index (κ2) is 28.4. The molecule has 1 aromatic carbocycles. The molecule has 0 aliphatic carbocycles. The van der Waals surface area contributed by atoms with Gasteiger partial charge in [-0.2, -0.15) is 0 Å². The highest BCUT2D eigenvalue weighted by atomic mass is 32.1. The summed E-state index contributed by atoms with van der Waals surface area (Å²) in [5.41, 5.74) is 14.3. The molecule has 95 heavy (non-hydrogen) atoms. The molecule has 3 amide bonds. The Kier molecular flexibility index (Phi) is 19.7. The maximum atomic E-state index is 14.4. The number of nitrogens with zero attached hydrogens (tertiary/aromatic N) is 12. The van der Waals surface area contributed by atoms with E-state index in [-0.39, 0.29) is 111 Å². The number of amides is 3. The first-order valence-electron chi connectivity index (χ1n) is 30.5. The van der Waals surface area contributed by atoms with Crippen molar-refractivity contribution in [2.24, 2.45) is 33.3 Å². The maximum Gasteiger partial charge on any atom is 0.326 e. The van der Waals surface area contributed by atoms with Gasteiger partial charge in [0.1, 0.15) is 93.7 Å². The molecule has 11 rings (SSSR count). The number of nitrogens with two attached hydrogens (primary N) is 2. The van der Waals surface area contributed by atoms with Gasteiger partial charge in [-0.3, -0.25) is 19.4 Å². The van der Waals surface area contributed by atoms with Crippen LogP contribution in [0.5, 0.6) is 0 Å². The molecule has 30 nitrogen and oxygen atoms in total. The van der Waals surface area contributed by atoms with Gasteiger partial charge in [0, 0.05) is 23.7 Å². The summed E-state index contributed by atoms with van der Waals surface area (Å²) in [7, 11) is 4.00. The van der Waals surface area contributed by atoms with Crippen molar-refractivity contribution in [1.29, 1.82) is 0 Å². The fourth-order valence-electron chi connectivity index (χ4n) is 10.3. The molecule has 0 bridgehead atoms. The first-order chi connectivity index (χ1) is 45.6. The van der Waals surface area contributed by atoms with Gasteiger partial charge in [0.2, 0.25) is 58.9 Å². The van der Waals surface area contributed by atoms with Gasteiger partial charge in [0.25, 0.3) is 5.91 Å². The zero-order valence-corrected chi connectivity index (χ0v) is 55.0. The Labute approximate surface area is 550 Å². The summed E-state index contributed by atoms with van der Waals surface area (Å²) in [6.45, 7) is 14.9. The number of hydrogen-bond donors (Lipinski definition) is 6. The lowest BCUT2D eigenvalue weighted by Gasteiger charge is -2.27. The highest BCUT2D eigenvalue weighted by Gasteiger charge is 2.38. The lowest BCUT2D eigenvalue weighted by molar-refractivity contribution is -0.142. The van der Waals surface area contributed by atoms with Gasteiger partial charge >= 0.3 is 5.97 Å². The number of aliphatic imine (C=N–C) groups is 2. The van der Waals surface area contributed by atoms with Crippen molar-refractivity contribution in [2.45, 2.75) is 124 Å².